The summed E-state index contributed by atoms with van der Waals surface area (Å²) in [4.78, 5) is 4.64. The van der Waals surface area contributed by atoms with Gasteiger partial charge in [0.2, 0.25) is 0 Å². The number of ether oxygens (including phenoxy) is 2. The fraction of sp³-hybridized carbons (Fsp3) is 0.500. The first-order valence-electron chi connectivity index (χ1n) is 6.64. The molecule has 0 N–H and O–H groups in total. The van der Waals surface area contributed by atoms with Gasteiger partial charge >= 0.3 is 0 Å². The molecule has 3 rings (SSSR count). The molecule has 0 spiro atoms. The Bertz CT molecular complexity index is 608. The van der Waals surface area contributed by atoms with Crippen LogP contribution in [0.4, 0.5) is 0 Å². The second-order valence-electron chi connectivity index (χ2n) is 4.90. The summed E-state index contributed by atoms with van der Waals surface area (Å²) in [5, 5.41) is -0.148. The molecule has 1 saturated heterocycles. The van der Waals surface area contributed by atoms with Crippen LogP contribution in [0.15, 0.2) is 22.7 Å². The molecule has 2 heterocycles. The molecular weight excluding hydrogens is 344 g/mol. The molecule has 0 saturated carbocycles. The third-order valence-corrected chi connectivity index (χ3v) is 4.06. The van der Waals surface area contributed by atoms with Crippen molar-refractivity contribution >= 4 is 38.6 Å². The van der Waals surface area contributed by atoms with E-state index in [4.69, 9.17) is 21.1 Å². The van der Waals surface area contributed by atoms with Gasteiger partial charge in [0.1, 0.15) is 5.82 Å². The second-order valence-corrected chi connectivity index (χ2v) is 6.47. The van der Waals surface area contributed by atoms with Crippen molar-refractivity contribution in [1.29, 1.82) is 0 Å². The van der Waals surface area contributed by atoms with E-state index in [1.165, 1.54) is 0 Å². The summed E-state index contributed by atoms with van der Waals surface area (Å²) in [5.74, 6) is 0.869. The largest absolute Gasteiger partial charge is 0.376 e. The normalized spacial score (nSPS) is 21.2. The Morgan fingerprint density at radius 3 is 3.05 bits per heavy atom. The number of fused-ring (bicyclic) bond motifs is 1. The summed E-state index contributed by atoms with van der Waals surface area (Å²) in [5.41, 5.74) is 2.02. The summed E-state index contributed by atoms with van der Waals surface area (Å²) >= 11 is 9.74. The third kappa shape index (κ3) is 2.86. The number of alkyl halides is 1. The lowest BCUT2D eigenvalue weighted by molar-refractivity contribution is -0.0934. The number of rotatable bonds is 3. The lowest BCUT2D eigenvalue weighted by Crippen LogP contribution is -2.32. The molecule has 20 heavy (non-hydrogen) atoms. The van der Waals surface area contributed by atoms with Crippen molar-refractivity contribution in [2.45, 2.75) is 24.9 Å². The van der Waals surface area contributed by atoms with E-state index < -0.39 is 0 Å². The molecular formula is C14H16BrClN2O2. The van der Waals surface area contributed by atoms with Crippen molar-refractivity contribution < 1.29 is 9.47 Å². The number of aromatic nitrogens is 2. The highest BCUT2D eigenvalue weighted by Crippen LogP contribution is 2.27. The second kappa shape index (κ2) is 6.02. The van der Waals surface area contributed by atoms with E-state index in [2.05, 4.69) is 31.5 Å². The standard InChI is InChI=1S/C14H16BrClN2O2/c1-9(16)14-17-12-6-10(15)2-3-13(12)18(14)7-11-8-19-4-5-20-11/h2-3,6,9,11H,4-5,7-8H2,1H3. The predicted octanol–water partition coefficient (Wildman–Crippen LogP) is 3.51. The Morgan fingerprint density at radius 1 is 1.50 bits per heavy atom. The molecule has 6 heteroatoms. The van der Waals surface area contributed by atoms with Crippen molar-refractivity contribution in [2.24, 2.45) is 0 Å². The van der Waals surface area contributed by atoms with Gasteiger partial charge in [0.05, 0.1) is 48.9 Å². The lowest BCUT2D eigenvalue weighted by Gasteiger charge is -2.24. The van der Waals surface area contributed by atoms with Gasteiger partial charge in [-0.1, -0.05) is 15.9 Å². The average Bonchev–Trinajstić information content (AvgIpc) is 2.78. The van der Waals surface area contributed by atoms with Gasteiger partial charge in [-0.2, -0.15) is 0 Å². The first kappa shape index (κ1) is 14.3. The van der Waals surface area contributed by atoms with Crippen LogP contribution in [0.3, 0.4) is 0 Å². The van der Waals surface area contributed by atoms with E-state index >= 15 is 0 Å². The van der Waals surface area contributed by atoms with Gasteiger partial charge in [0, 0.05) is 4.47 Å². The smallest absolute Gasteiger partial charge is 0.127 e. The zero-order valence-electron chi connectivity index (χ0n) is 11.2. The summed E-state index contributed by atoms with van der Waals surface area (Å²) in [7, 11) is 0. The minimum atomic E-state index is -0.148. The maximum absolute atomic E-state index is 6.27. The zero-order chi connectivity index (χ0) is 14.1. The van der Waals surface area contributed by atoms with Gasteiger partial charge in [-0.25, -0.2) is 4.98 Å². The minimum absolute atomic E-state index is 0.0546. The maximum atomic E-state index is 6.27. The number of halogens is 2. The Kier molecular flexibility index (Phi) is 4.31. The Hall–Kier alpha value is -0.620. The van der Waals surface area contributed by atoms with Crippen LogP contribution in [0.2, 0.25) is 0 Å². The summed E-state index contributed by atoms with van der Waals surface area (Å²) in [6.07, 6.45) is 0.0546. The first-order chi connectivity index (χ1) is 9.65. The third-order valence-electron chi connectivity index (χ3n) is 3.37. The van der Waals surface area contributed by atoms with Gasteiger partial charge in [0.15, 0.2) is 0 Å². The summed E-state index contributed by atoms with van der Waals surface area (Å²) in [6.45, 7) is 4.59. The molecule has 2 aromatic rings. The van der Waals surface area contributed by atoms with Crippen LogP contribution in [0.5, 0.6) is 0 Å². The quantitative estimate of drug-likeness (QED) is 0.787. The molecule has 108 valence electrons. The van der Waals surface area contributed by atoms with Gasteiger partial charge in [-0.15, -0.1) is 11.6 Å². The molecule has 4 nitrogen and oxygen atoms in total. The van der Waals surface area contributed by atoms with E-state index in [0.717, 1.165) is 21.3 Å². The monoisotopic (exact) mass is 358 g/mol. The van der Waals surface area contributed by atoms with Crippen molar-refractivity contribution in [1.82, 2.24) is 9.55 Å². The molecule has 1 aliphatic heterocycles. The first-order valence-corrected chi connectivity index (χ1v) is 7.87. The Balaban J connectivity index is 1.99. The number of nitrogens with zero attached hydrogens (tertiary/aromatic N) is 2. The van der Waals surface area contributed by atoms with Crippen LogP contribution in [0.1, 0.15) is 18.1 Å². The van der Waals surface area contributed by atoms with E-state index in [0.29, 0.717) is 26.4 Å². The highest BCUT2D eigenvalue weighted by atomic mass is 79.9. The Labute approximate surface area is 131 Å². The van der Waals surface area contributed by atoms with E-state index in [9.17, 15) is 0 Å². The summed E-state index contributed by atoms with van der Waals surface area (Å²) < 4.78 is 14.3. The predicted molar refractivity (Wildman–Crippen MR) is 82.3 cm³/mol. The van der Waals surface area contributed by atoms with Crippen molar-refractivity contribution in [3.05, 3.63) is 28.5 Å². The van der Waals surface area contributed by atoms with E-state index in [1.807, 2.05) is 19.1 Å². The van der Waals surface area contributed by atoms with E-state index in [1.54, 1.807) is 0 Å². The van der Waals surface area contributed by atoms with E-state index in [-0.39, 0.29) is 11.5 Å². The van der Waals surface area contributed by atoms with Crippen LogP contribution < -0.4 is 0 Å². The topological polar surface area (TPSA) is 36.3 Å². The van der Waals surface area contributed by atoms with Gasteiger partial charge in [-0.3, -0.25) is 0 Å². The molecule has 0 aliphatic carbocycles. The molecule has 2 unspecified atom stereocenters. The van der Waals surface area contributed by atoms with Gasteiger partial charge in [-0.05, 0) is 25.1 Å². The SMILES string of the molecule is CC(Cl)c1nc2cc(Br)ccc2n1CC1COCCO1. The molecule has 0 radical (unpaired) electrons. The van der Waals surface area contributed by atoms with Crippen molar-refractivity contribution in [2.75, 3.05) is 19.8 Å². The molecule has 1 aromatic carbocycles. The fourth-order valence-corrected chi connectivity index (χ4v) is 2.98. The highest BCUT2D eigenvalue weighted by molar-refractivity contribution is 9.10. The molecule has 1 fully saturated rings. The number of imidazole rings is 1. The highest BCUT2D eigenvalue weighted by Gasteiger charge is 2.21. The number of hydrogen-bond donors (Lipinski definition) is 0. The summed E-state index contributed by atoms with van der Waals surface area (Å²) in [6, 6.07) is 6.08. The van der Waals surface area contributed by atoms with Crippen LogP contribution in [-0.4, -0.2) is 35.5 Å². The molecule has 1 aromatic heterocycles. The van der Waals surface area contributed by atoms with Gasteiger partial charge < -0.3 is 14.0 Å². The fourth-order valence-electron chi connectivity index (χ4n) is 2.46. The number of benzene rings is 1. The molecule has 2 atom stereocenters. The van der Waals surface area contributed by atoms with Gasteiger partial charge in [0.25, 0.3) is 0 Å². The molecule has 1 aliphatic rings. The van der Waals surface area contributed by atoms with Crippen molar-refractivity contribution in [3.63, 3.8) is 0 Å². The van der Waals surface area contributed by atoms with Crippen LogP contribution in [0.25, 0.3) is 11.0 Å². The molecule has 0 amide bonds. The van der Waals surface area contributed by atoms with Crippen LogP contribution in [0, 0.1) is 0 Å². The minimum Gasteiger partial charge on any atom is -0.376 e. The maximum Gasteiger partial charge on any atom is 0.127 e. The lowest BCUT2D eigenvalue weighted by atomic mass is 10.3. The number of hydrogen-bond acceptors (Lipinski definition) is 3. The van der Waals surface area contributed by atoms with Crippen LogP contribution >= 0.6 is 27.5 Å². The molecule has 0 bridgehead atoms. The van der Waals surface area contributed by atoms with Crippen molar-refractivity contribution in [3.8, 4) is 0 Å². The zero-order valence-corrected chi connectivity index (χ0v) is 13.5. The Morgan fingerprint density at radius 2 is 2.35 bits per heavy atom. The average molecular weight is 360 g/mol. The van der Waals surface area contributed by atoms with Crippen LogP contribution in [-0.2, 0) is 16.0 Å².